The number of nitrogens with zero attached hydrogens (tertiary/aromatic N) is 2. The maximum Gasteiger partial charge on any atom is 0.270 e. The van der Waals surface area contributed by atoms with E-state index in [2.05, 4.69) is 4.98 Å². The molecule has 0 N–H and O–H groups in total. The summed E-state index contributed by atoms with van der Waals surface area (Å²) in [4.78, 5) is 15.0. The molecule has 4 heteroatoms. The first-order valence-electron chi connectivity index (χ1n) is 4.03. The summed E-state index contributed by atoms with van der Waals surface area (Å²) >= 11 is 5.38. The van der Waals surface area contributed by atoms with Gasteiger partial charge in [-0.25, -0.2) is 4.98 Å². The standard InChI is InChI=1S/C8H9ClN2O/c9-8(12)6-5-10-7-3-1-2-4-11(6)7/h5H,1-4H2. The van der Waals surface area contributed by atoms with E-state index in [0.717, 1.165) is 31.6 Å². The minimum absolute atomic E-state index is 0.407. The van der Waals surface area contributed by atoms with E-state index in [4.69, 9.17) is 11.6 Å². The van der Waals surface area contributed by atoms with Crippen molar-refractivity contribution in [3.63, 3.8) is 0 Å². The minimum Gasteiger partial charge on any atom is -0.325 e. The Labute approximate surface area is 75.4 Å². The molecule has 0 radical (unpaired) electrons. The Morgan fingerprint density at radius 2 is 2.42 bits per heavy atom. The lowest BCUT2D eigenvalue weighted by Crippen LogP contribution is -2.14. The van der Waals surface area contributed by atoms with E-state index >= 15 is 0 Å². The molecule has 0 spiro atoms. The Bertz CT molecular complexity index is 319. The molecule has 2 rings (SSSR count). The maximum absolute atomic E-state index is 10.9. The van der Waals surface area contributed by atoms with E-state index in [-0.39, 0.29) is 0 Å². The molecule has 0 unspecified atom stereocenters. The molecule has 2 heterocycles. The van der Waals surface area contributed by atoms with Crippen LogP contribution in [0.5, 0.6) is 0 Å². The summed E-state index contributed by atoms with van der Waals surface area (Å²) in [5, 5.41) is -0.407. The van der Waals surface area contributed by atoms with Gasteiger partial charge in [0.05, 0.1) is 6.20 Å². The largest absolute Gasteiger partial charge is 0.325 e. The van der Waals surface area contributed by atoms with Crippen LogP contribution in [0, 0.1) is 0 Å². The van der Waals surface area contributed by atoms with Gasteiger partial charge in [0.1, 0.15) is 11.5 Å². The Morgan fingerprint density at radius 1 is 1.58 bits per heavy atom. The predicted octanol–water partition coefficient (Wildman–Crippen LogP) is 1.60. The molecule has 1 aliphatic heterocycles. The van der Waals surface area contributed by atoms with Crippen LogP contribution in [0.4, 0.5) is 0 Å². The van der Waals surface area contributed by atoms with Crippen LogP contribution >= 0.6 is 11.6 Å². The molecule has 0 saturated heterocycles. The van der Waals surface area contributed by atoms with Crippen molar-refractivity contribution in [3.05, 3.63) is 17.7 Å². The summed E-state index contributed by atoms with van der Waals surface area (Å²) in [6, 6.07) is 0. The maximum atomic E-state index is 10.9. The first-order chi connectivity index (χ1) is 5.79. The van der Waals surface area contributed by atoms with Gasteiger partial charge in [-0.2, -0.15) is 0 Å². The molecule has 1 aliphatic rings. The lowest BCUT2D eigenvalue weighted by Gasteiger charge is -2.14. The van der Waals surface area contributed by atoms with Crippen LogP contribution in [-0.2, 0) is 13.0 Å². The first-order valence-corrected chi connectivity index (χ1v) is 4.41. The summed E-state index contributed by atoms with van der Waals surface area (Å²) in [6.07, 6.45) is 4.80. The third-order valence-corrected chi connectivity index (χ3v) is 2.37. The van der Waals surface area contributed by atoms with Gasteiger partial charge in [0.25, 0.3) is 5.24 Å². The van der Waals surface area contributed by atoms with Crippen molar-refractivity contribution in [2.45, 2.75) is 25.8 Å². The number of rotatable bonds is 1. The van der Waals surface area contributed by atoms with E-state index in [1.807, 2.05) is 4.57 Å². The second-order valence-electron chi connectivity index (χ2n) is 2.94. The molecule has 0 aliphatic carbocycles. The van der Waals surface area contributed by atoms with Gasteiger partial charge in [-0.1, -0.05) is 0 Å². The van der Waals surface area contributed by atoms with Gasteiger partial charge in [-0.05, 0) is 24.4 Å². The number of halogens is 1. The number of imidazole rings is 1. The van der Waals surface area contributed by atoms with Crippen LogP contribution in [0.25, 0.3) is 0 Å². The zero-order chi connectivity index (χ0) is 8.55. The molecule has 0 bridgehead atoms. The van der Waals surface area contributed by atoms with Gasteiger partial charge in [0.15, 0.2) is 0 Å². The van der Waals surface area contributed by atoms with Gasteiger partial charge in [-0.15, -0.1) is 0 Å². The fraction of sp³-hybridized carbons (Fsp3) is 0.500. The smallest absolute Gasteiger partial charge is 0.270 e. The van der Waals surface area contributed by atoms with E-state index in [0.29, 0.717) is 5.69 Å². The van der Waals surface area contributed by atoms with Crippen LogP contribution in [0.1, 0.15) is 29.2 Å². The van der Waals surface area contributed by atoms with Crippen molar-refractivity contribution >= 4 is 16.8 Å². The van der Waals surface area contributed by atoms with Crippen molar-refractivity contribution in [2.24, 2.45) is 0 Å². The number of carbonyl (C=O) groups is 1. The Morgan fingerprint density at radius 3 is 3.17 bits per heavy atom. The van der Waals surface area contributed by atoms with Crippen molar-refractivity contribution in [3.8, 4) is 0 Å². The average Bonchev–Trinajstić information content (AvgIpc) is 2.47. The van der Waals surface area contributed by atoms with Crippen LogP contribution in [0.2, 0.25) is 0 Å². The minimum atomic E-state index is -0.407. The molecule has 0 aromatic carbocycles. The van der Waals surface area contributed by atoms with Crippen molar-refractivity contribution in [1.82, 2.24) is 9.55 Å². The summed E-state index contributed by atoms with van der Waals surface area (Å²) in [6.45, 7) is 0.878. The van der Waals surface area contributed by atoms with E-state index in [1.54, 1.807) is 6.20 Å². The molecule has 64 valence electrons. The van der Waals surface area contributed by atoms with Gasteiger partial charge in [0.2, 0.25) is 0 Å². The number of aryl methyl sites for hydroxylation is 1. The van der Waals surface area contributed by atoms with Gasteiger partial charge in [-0.3, -0.25) is 4.79 Å². The van der Waals surface area contributed by atoms with Crippen LogP contribution in [0.3, 0.4) is 0 Å². The number of hydrogen-bond donors (Lipinski definition) is 0. The normalized spacial score (nSPS) is 15.8. The SMILES string of the molecule is O=C(Cl)c1cnc2n1CCCC2. The van der Waals surface area contributed by atoms with Crippen molar-refractivity contribution in [2.75, 3.05) is 0 Å². The molecule has 0 saturated carbocycles. The van der Waals surface area contributed by atoms with Gasteiger partial charge in [0, 0.05) is 13.0 Å². The Balaban J connectivity index is 2.44. The summed E-state index contributed by atoms with van der Waals surface area (Å²) in [7, 11) is 0. The second kappa shape index (κ2) is 2.90. The predicted molar refractivity (Wildman–Crippen MR) is 45.3 cm³/mol. The molecule has 0 fully saturated rings. The molecular formula is C8H9ClN2O. The topological polar surface area (TPSA) is 34.9 Å². The van der Waals surface area contributed by atoms with Crippen molar-refractivity contribution < 1.29 is 4.79 Å². The number of hydrogen-bond acceptors (Lipinski definition) is 2. The number of fused-ring (bicyclic) bond motifs is 1. The van der Waals surface area contributed by atoms with E-state index in [1.165, 1.54) is 0 Å². The molecule has 3 nitrogen and oxygen atoms in total. The highest BCUT2D eigenvalue weighted by Crippen LogP contribution is 2.16. The molecule has 1 aromatic rings. The monoisotopic (exact) mass is 184 g/mol. The lowest BCUT2D eigenvalue weighted by molar-refractivity contribution is 0.107. The molecule has 0 amide bonds. The molecule has 12 heavy (non-hydrogen) atoms. The first kappa shape index (κ1) is 7.80. The van der Waals surface area contributed by atoms with Crippen LogP contribution in [-0.4, -0.2) is 14.8 Å². The van der Waals surface area contributed by atoms with Gasteiger partial charge < -0.3 is 4.57 Å². The fourth-order valence-electron chi connectivity index (χ4n) is 1.57. The molecular weight excluding hydrogens is 176 g/mol. The Hall–Kier alpha value is -0.830. The van der Waals surface area contributed by atoms with Gasteiger partial charge >= 0.3 is 0 Å². The number of carbonyl (C=O) groups excluding carboxylic acids is 1. The Kier molecular flexibility index (Phi) is 1.89. The quantitative estimate of drug-likeness (QED) is 0.622. The van der Waals surface area contributed by atoms with E-state index < -0.39 is 5.24 Å². The van der Waals surface area contributed by atoms with Crippen LogP contribution < -0.4 is 0 Å². The van der Waals surface area contributed by atoms with Crippen molar-refractivity contribution in [1.29, 1.82) is 0 Å². The highest BCUT2D eigenvalue weighted by Gasteiger charge is 2.16. The zero-order valence-electron chi connectivity index (χ0n) is 6.59. The number of aromatic nitrogens is 2. The fourth-order valence-corrected chi connectivity index (χ4v) is 1.72. The molecule has 1 aromatic heterocycles. The highest BCUT2D eigenvalue weighted by molar-refractivity contribution is 6.67. The summed E-state index contributed by atoms with van der Waals surface area (Å²) in [5.41, 5.74) is 0.534. The van der Waals surface area contributed by atoms with E-state index in [9.17, 15) is 4.79 Å². The second-order valence-corrected chi connectivity index (χ2v) is 3.29. The van der Waals surface area contributed by atoms with Crippen LogP contribution in [0.15, 0.2) is 6.20 Å². The highest BCUT2D eigenvalue weighted by atomic mass is 35.5. The third kappa shape index (κ3) is 1.14. The lowest BCUT2D eigenvalue weighted by atomic mass is 10.2. The summed E-state index contributed by atoms with van der Waals surface area (Å²) in [5.74, 6) is 0.991. The third-order valence-electron chi connectivity index (χ3n) is 2.17. The average molecular weight is 185 g/mol. The zero-order valence-corrected chi connectivity index (χ0v) is 7.34. The summed E-state index contributed by atoms with van der Waals surface area (Å²) < 4.78 is 1.92. The molecule has 0 atom stereocenters.